The maximum absolute atomic E-state index is 13.1. The molecule has 0 N–H and O–H groups in total. The zero-order valence-corrected chi connectivity index (χ0v) is 23.1. The molecule has 4 fully saturated rings. The van der Waals surface area contributed by atoms with Crippen LogP contribution >= 0.6 is 22.6 Å². The fourth-order valence-electron chi connectivity index (χ4n) is 6.10. The van der Waals surface area contributed by atoms with E-state index in [0.29, 0.717) is 25.3 Å². The number of halogens is 1. The molecule has 1 saturated carbocycles. The van der Waals surface area contributed by atoms with Gasteiger partial charge in [-0.1, -0.05) is 0 Å². The van der Waals surface area contributed by atoms with Gasteiger partial charge in [-0.25, -0.2) is 22.6 Å². The van der Waals surface area contributed by atoms with E-state index in [1.54, 1.807) is 6.20 Å². The number of hydrogen-bond acceptors (Lipinski definition) is 8. The first-order valence-electron chi connectivity index (χ1n) is 12.7. The maximum atomic E-state index is 13.1. The normalized spacial score (nSPS) is 27.6. The molecule has 1 unspecified atom stereocenters. The van der Waals surface area contributed by atoms with Gasteiger partial charge in [0.2, 0.25) is 0 Å². The average molecular weight is 625 g/mol. The molecule has 7 rings (SSSR count). The van der Waals surface area contributed by atoms with Crippen molar-refractivity contribution in [2.75, 3.05) is 30.9 Å². The first kappa shape index (κ1) is 23.4. The number of morpholine rings is 1. The Labute approximate surface area is 223 Å². The number of hydrogen-bond donors (Lipinski definition) is 0. The van der Waals surface area contributed by atoms with Gasteiger partial charge < -0.3 is 14.4 Å². The molecular formula is C24H29IN6O4S. The van der Waals surface area contributed by atoms with Crippen LogP contribution in [0, 0.1) is 3.70 Å². The summed E-state index contributed by atoms with van der Waals surface area (Å²) in [5.74, 6) is 1.44. The molecule has 0 spiro atoms. The quantitative estimate of drug-likeness (QED) is 0.399. The molecule has 0 amide bonds. The van der Waals surface area contributed by atoms with Crippen LogP contribution in [0.1, 0.15) is 56.7 Å². The van der Waals surface area contributed by atoms with Crippen molar-refractivity contribution in [3.05, 3.63) is 27.6 Å². The predicted octanol–water partition coefficient (Wildman–Crippen LogP) is 3.30. The lowest BCUT2D eigenvalue weighted by Gasteiger charge is -2.33. The van der Waals surface area contributed by atoms with E-state index in [0.717, 1.165) is 71.5 Å². The molecule has 1 aliphatic carbocycles. The number of ether oxygens (including phenoxy) is 2. The minimum absolute atomic E-state index is 0.142. The van der Waals surface area contributed by atoms with Crippen molar-refractivity contribution < 1.29 is 17.9 Å². The number of anilines is 1. The summed E-state index contributed by atoms with van der Waals surface area (Å²) in [5, 5.41) is 9.67. The Bertz CT molecular complexity index is 1430. The molecule has 3 atom stereocenters. The van der Waals surface area contributed by atoms with Gasteiger partial charge in [0.1, 0.15) is 20.7 Å². The summed E-state index contributed by atoms with van der Waals surface area (Å²) in [7, 11) is -3.33. The second-order valence-corrected chi connectivity index (χ2v) is 13.9. The smallest absolute Gasteiger partial charge is 0.181 e. The fraction of sp³-hybridized carbons (Fsp3) is 0.625. The van der Waals surface area contributed by atoms with Crippen LogP contribution in [0.25, 0.3) is 17.0 Å². The summed E-state index contributed by atoms with van der Waals surface area (Å²) in [4.78, 5) is 7.19. The van der Waals surface area contributed by atoms with Crippen molar-refractivity contribution in [2.24, 2.45) is 0 Å². The Morgan fingerprint density at radius 3 is 2.58 bits per heavy atom. The molecule has 3 saturated heterocycles. The molecule has 192 valence electrons. The minimum atomic E-state index is -3.33. The predicted molar refractivity (Wildman–Crippen MR) is 142 cm³/mol. The molecule has 4 aliphatic rings. The first-order chi connectivity index (χ1) is 17.3. The largest absolute Gasteiger partial charge is 0.371 e. The van der Waals surface area contributed by atoms with Crippen molar-refractivity contribution in [3.8, 4) is 11.5 Å². The Morgan fingerprint density at radius 1 is 1.14 bits per heavy atom. The highest BCUT2D eigenvalue weighted by Crippen LogP contribution is 2.54. The van der Waals surface area contributed by atoms with Gasteiger partial charge in [-0.2, -0.15) is 5.10 Å². The lowest BCUT2D eigenvalue weighted by molar-refractivity contribution is -0.0384. The molecule has 12 heteroatoms. The highest BCUT2D eigenvalue weighted by Gasteiger charge is 2.55. The molecule has 10 nitrogen and oxygen atoms in total. The van der Waals surface area contributed by atoms with Crippen molar-refractivity contribution in [2.45, 2.75) is 68.1 Å². The van der Waals surface area contributed by atoms with Crippen LogP contribution in [0.2, 0.25) is 0 Å². The molecule has 3 aromatic rings. The summed E-state index contributed by atoms with van der Waals surface area (Å²) in [6.07, 6.45) is 9.75. The van der Waals surface area contributed by atoms with E-state index in [1.807, 2.05) is 21.3 Å². The molecule has 36 heavy (non-hydrogen) atoms. The van der Waals surface area contributed by atoms with Crippen molar-refractivity contribution >= 4 is 43.8 Å². The number of aromatic nitrogens is 5. The molecule has 0 aromatic carbocycles. The van der Waals surface area contributed by atoms with E-state index < -0.39 is 14.6 Å². The summed E-state index contributed by atoms with van der Waals surface area (Å²) in [6, 6.07) is 3.94. The van der Waals surface area contributed by atoms with Crippen LogP contribution in [0.3, 0.4) is 0 Å². The summed E-state index contributed by atoms with van der Waals surface area (Å²) >= 11 is 2.21. The van der Waals surface area contributed by atoms with Crippen LogP contribution in [0.4, 0.5) is 5.82 Å². The zero-order chi connectivity index (χ0) is 24.7. The van der Waals surface area contributed by atoms with Crippen LogP contribution in [0.15, 0.2) is 18.3 Å². The zero-order valence-electron chi connectivity index (χ0n) is 20.1. The molecule has 0 radical (unpaired) electrons. The van der Waals surface area contributed by atoms with Gasteiger partial charge in [-0.15, -0.1) is 5.10 Å². The van der Waals surface area contributed by atoms with Crippen molar-refractivity contribution in [3.63, 3.8) is 0 Å². The maximum Gasteiger partial charge on any atom is 0.181 e. The molecule has 2 bridgehead atoms. The summed E-state index contributed by atoms with van der Waals surface area (Å²) in [6.45, 7) is 2.23. The van der Waals surface area contributed by atoms with E-state index in [1.165, 1.54) is 6.26 Å². The van der Waals surface area contributed by atoms with Crippen LogP contribution in [-0.4, -0.2) is 71.0 Å². The second-order valence-electron chi connectivity index (χ2n) is 10.5. The lowest BCUT2D eigenvalue weighted by Crippen LogP contribution is -2.43. The van der Waals surface area contributed by atoms with Crippen LogP contribution in [-0.2, 0) is 24.1 Å². The number of fused-ring (bicyclic) bond motifs is 3. The Hall–Kier alpha value is -1.77. The van der Waals surface area contributed by atoms with E-state index in [9.17, 15) is 8.42 Å². The number of nitrogens with zero attached hydrogens (tertiary/aromatic N) is 6. The van der Waals surface area contributed by atoms with E-state index in [2.05, 4.69) is 32.6 Å². The third-order valence-electron chi connectivity index (χ3n) is 8.14. The Balaban J connectivity index is 1.43. The first-order valence-corrected chi connectivity index (χ1v) is 15.7. The average Bonchev–Trinajstić information content (AvgIpc) is 3.29. The second kappa shape index (κ2) is 8.37. The van der Waals surface area contributed by atoms with Gasteiger partial charge in [0.15, 0.2) is 21.9 Å². The number of sulfone groups is 1. The molecular weight excluding hydrogens is 595 g/mol. The molecule has 6 heterocycles. The van der Waals surface area contributed by atoms with Crippen molar-refractivity contribution in [1.82, 2.24) is 24.4 Å². The van der Waals surface area contributed by atoms with Gasteiger partial charge in [-0.05, 0) is 79.7 Å². The van der Waals surface area contributed by atoms with Gasteiger partial charge in [0.05, 0.1) is 17.0 Å². The SMILES string of the molecule is CS(=O)(=O)C1(c2cc(N3C[C@H]4CC[C@@H](C3)O4)nn3c(-c4ccnn4C4CCCCO4)nc(I)c23)CC1. The minimum Gasteiger partial charge on any atom is -0.371 e. The van der Waals surface area contributed by atoms with Crippen LogP contribution in [0.5, 0.6) is 0 Å². The van der Waals surface area contributed by atoms with E-state index in [4.69, 9.17) is 19.6 Å². The van der Waals surface area contributed by atoms with Gasteiger partial charge >= 0.3 is 0 Å². The Kier molecular flexibility index (Phi) is 5.43. The number of rotatable bonds is 5. The lowest BCUT2D eigenvalue weighted by atomic mass is 10.1. The van der Waals surface area contributed by atoms with Gasteiger partial charge in [0, 0.05) is 37.7 Å². The third kappa shape index (κ3) is 3.62. The molecule has 3 aliphatic heterocycles. The standard InChI is InChI=1S/C24H29IN6O4S/c1-36(32,33)24(8-9-24)17-12-19(29-13-15-5-6-16(14-29)35-15)28-31-21(17)22(25)27-23(31)18-7-10-26-30(18)20-4-2-3-11-34-20/h7,10,12,15-16,20H,2-6,8-9,11,13-14H2,1H3/t15-,16+,20?. The highest BCUT2D eigenvalue weighted by atomic mass is 127. The summed E-state index contributed by atoms with van der Waals surface area (Å²) < 4.78 is 41.8. The van der Waals surface area contributed by atoms with Gasteiger partial charge in [0.25, 0.3) is 0 Å². The fourth-order valence-corrected chi connectivity index (χ4v) is 8.24. The monoisotopic (exact) mass is 624 g/mol. The highest BCUT2D eigenvalue weighted by molar-refractivity contribution is 14.1. The molecule has 3 aromatic heterocycles. The van der Waals surface area contributed by atoms with E-state index in [-0.39, 0.29) is 18.4 Å². The number of imidazole rings is 1. The third-order valence-corrected chi connectivity index (χ3v) is 10.9. The van der Waals surface area contributed by atoms with Crippen LogP contribution < -0.4 is 4.90 Å². The van der Waals surface area contributed by atoms with Gasteiger partial charge in [-0.3, -0.25) is 0 Å². The Morgan fingerprint density at radius 2 is 1.92 bits per heavy atom. The topological polar surface area (TPSA) is 104 Å². The van der Waals surface area contributed by atoms with Crippen molar-refractivity contribution in [1.29, 1.82) is 0 Å². The van der Waals surface area contributed by atoms with E-state index >= 15 is 0 Å². The summed E-state index contributed by atoms with van der Waals surface area (Å²) in [5.41, 5.74) is 2.39.